The van der Waals surface area contributed by atoms with Crippen LogP contribution < -0.4 is 10.6 Å². The Labute approximate surface area is 150 Å². The zero-order valence-corrected chi connectivity index (χ0v) is 16.2. The average Bonchev–Trinajstić information content (AvgIpc) is 3.00. The van der Waals surface area contributed by atoms with Crippen molar-refractivity contribution in [3.05, 3.63) is 24.2 Å². The largest absolute Gasteiger partial charge is 0.469 e. The summed E-state index contributed by atoms with van der Waals surface area (Å²) in [7, 11) is 1.82. The SMILES string of the molecule is CN=C(NCCc1ccco1)NC1CCN(C(C)C)CC1.I. The molecule has 0 aliphatic carbocycles. The van der Waals surface area contributed by atoms with Gasteiger partial charge in [0.05, 0.1) is 6.26 Å². The van der Waals surface area contributed by atoms with Gasteiger partial charge in [0, 0.05) is 45.2 Å². The molecule has 1 aliphatic rings. The van der Waals surface area contributed by atoms with Crippen molar-refractivity contribution in [2.45, 2.75) is 45.2 Å². The van der Waals surface area contributed by atoms with Gasteiger partial charge in [-0.05, 0) is 38.8 Å². The Morgan fingerprint density at radius 3 is 2.68 bits per heavy atom. The van der Waals surface area contributed by atoms with Crippen LogP contribution in [0.2, 0.25) is 0 Å². The molecule has 0 spiro atoms. The molecular formula is C16H29IN4O. The molecule has 1 aromatic heterocycles. The molecule has 0 unspecified atom stereocenters. The van der Waals surface area contributed by atoms with E-state index in [4.69, 9.17) is 4.42 Å². The average molecular weight is 420 g/mol. The van der Waals surface area contributed by atoms with Crippen LogP contribution in [0.4, 0.5) is 0 Å². The molecule has 2 N–H and O–H groups in total. The van der Waals surface area contributed by atoms with E-state index < -0.39 is 0 Å². The van der Waals surface area contributed by atoms with E-state index in [0.29, 0.717) is 12.1 Å². The first-order valence-corrected chi connectivity index (χ1v) is 7.92. The quantitative estimate of drug-likeness (QED) is 0.437. The van der Waals surface area contributed by atoms with Gasteiger partial charge in [-0.3, -0.25) is 4.99 Å². The number of nitrogens with zero attached hydrogens (tertiary/aromatic N) is 2. The smallest absolute Gasteiger partial charge is 0.191 e. The molecule has 22 heavy (non-hydrogen) atoms. The lowest BCUT2D eigenvalue weighted by molar-refractivity contribution is 0.167. The molecule has 0 saturated carbocycles. The molecule has 6 heteroatoms. The second kappa shape index (κ2) is 10.1. The number of nitrogens with one attached hydrogen (secondary N) is 2. The van der Waals surface area contributed by atoms with Gasteiger partial charge in [0.2, 0.25) is 0 Å². The van der Waals surface area contributed by atoms with Gasteiger partial charge in [-0.1, -0.05) is 0 Å². The Kier molecular flexibility index (Phi) is 8.85. The Balaban J connectivity index is 0.00000242. The highest BCUT2D eigenvalue weighted by molar-refractivity contribution is 14.0. The zero-order valence-electron chi connectivity index (χ0n) is 13.8. The van der Waals surface area contributed by atoms with Crippen LogP contribution in [0.25, 0.3) is 0 Å². The minimum absolute atomic E-state index is 0. The van der Waals surface area contributed by atoms with Gasteiger partial charge < -0.3 is 20.0 Å². The first kappa shape index (κ1) is 19.3. The lowest BCUT2D eigenvalue weighted by Gasteiger charge is -2.35. The van der Waals surface area contributed by atoms with E-state index in [1.54, 1.807) is 6.26 Å². The molecule has 0 amide bonds. The van der Waals surface area contributed by atoms with E-state index in [1.165, 1.54) is 25.9 Å². The molecule has 0 bridgehead atoms. The van der Waals surface area contributed by atoms with Crippen molar-refractivity contribution >= 4 is 29.9 Å². The first-order valence-electron chi connectivity index (χ1n) is 7.92. The van der Waals surface area contributed by atoms with Crippen LogP contribution in [0.5, 0.6) is 0 Å². The predicted octanol–water partition coefficient (Wildman–Crippen LogP) is 2.48. The van der Waals surface area contributed by atoms with Crippen LogP contribution in [-0.4, -0.2) is 49.6 Å². The summed E-state index contributed by atoms with van der Waals surface area (Å²) in [5.41, 5.74) is 0. The van der Waals surface area contributed by atoms with Crippen molar-refractivity contribution in [3.63, 3.8) is 0 Å². The van der Waals surface area contributed by atoms with E-state index in [-0.39, 0.29) is 24.0 Å². The monoisotopic (exact) mass is 420 g/mol. The van der Waals surface area contributed by atoms with Crippen molar-refractivity contribution in [2.75, 3.05) is 26.7 Å². The highest BCUT2D eigenvalue weighted by Crippen LogP contribution is 2.12. The molecule has 126 valence electrons. The fourth-order valence-corrected chi connectivity index (χ4v) is 2.71. The lowest BCUT2D eigenvalue weighted by atomic mass is 10.0. The van der Waals surface area contributed by atoms with Crippen molar-refractivity contribution in [2.24, 2.45) is 4.99 Å². The minimum atomic E-state index is 0. The fraction of sp³-hybridized carbons (Fsp3) is 0.688. The summed E-state index contributed by atoms with van der Waals surface area (Å²) in [6, 6.07) is 5.09. The number of likely N-dealkylation sites (tertiary alicyclic amines) is 1. The third-order valence-electron chi connectivity index (χ3n) is 4.07. The van der Waals surface area contributed by atoms with Crippen molar-refractivity contribution < 1.29 is 4.42 Å². The summed E-state index contributed by atoms with van der Waals surface area (Å²) in [5, 5.41) is 6.88. The number of hydrogen-bond donors (Lipinski definition) is 2. The third kappa shape index (κ3) is 6.16. The zero-order chi connectivity index (χ0) is 15.1. The van der Waals surface area contributed by atoms with Crippen molar-refractivity contribution in [1.29, 1.82) is 0 Å². The van der Waals surface area contributed by atoms with Crippen LogP contribution in [-0.2, 0) is 6.42 Å². The van der Waals surface area contributed by atoms with Crippen LogP contribution in [0, 0.1) is 0 Å². The van der Waals surface area contributed by atoms with Crippen molar-refractivity contribution in [1.82, 2.24) is 15.5 Å². The summed E-state index contributed by atoms with van der Waals surface area (Å²) < 4.78 is 5.33. The third-order valence-corrected chi connectivity index (χ3v) is 4.07. The molecular weight excluding hydrogens is 391 g/mol. The van der Waals surface area contributed by atoms with Gasteiger partial charge >= 0.3 is 0 Å². The van der Waals surface area contributed by atoms with E-state index in [2.05, 4.69) is 34.4 Å². The number of halogens is 1. The summed E-state index contributed by atoms with van der Waals surface area (Å²) in [6.45, 7) is 7.70. The topological polar surface area (TPSA) is 52.8 Å². The molecule has 0 radical (unpaired) electrons. The number of furan rings is 1. The minimum Gasteiger partial charge on any atom is -0.469 e. The van der Waals surface area contributed by atoms with Crippen LogP contribution >= 0.6 is 24.0 Å². The van der Waals surface area contributed by atoms with Gasteiger partial charge in [0.25, 0.3) is 0 Å². The number of rotatable bonds is 5. The van der Waals surface area contributed by atoms with Crippen LogP contribution in [0.1, 0.15) is 32.4 Å². The first-order chi connectivity index (χ1) is 10.2. The van der Waals surface area contributed by atoms with E-state index in [0.717, 1.165) is 24.7 Å². The van der Waals surface area contributed by atoms with Crippen molar-refractivity contribution in [3.8, 4) is 0 Å². The summed E-state index contributed by atoms with van der Waals surface area (Å²) in [4.78, 5) is 6.84. The molecule has 1 aromatic rings. The Hall–Kier alpha value is -0.760. The summed E-state index contributed by atoms with van der Waals surface area (Å²) in [6.07, 6.45) is 4.94. The van der Waals surface area contributed by atoms with Gasteiger partial charge in [0.1, 0.15) is 5.76 Å². The Bertz CT molecular complexity index is 425. The normalized spacial score (nSPS) is 17.4. The molecule has 0 atom stereocenters. The number of piperidine rings is 1. The van der Waals surface area contributed by atoms with Gasteiger partial charge in [-0.2, -0.15) is 0 Å². The second-order valence-corrected chi connectivity index (χ2v) is 5.88. The van der Waals surface area contributed by atoms with Crippen LogP contribution in [0.3, 0.4) is 0 Å². The number of guanidine groups is 1. The molecule has 5 nitrogen and oxygen atoms in total. The molecule has 1 saturated heterocycles. The molecule has 2 heterocycles. The molecule has 0 aromatic carbocycles. The molecule has 2 rings (SSSR count). The van der Waals surface area contributed by atoms with Gasteiger partial charge in [-0.15, -0.1) is 24.0 Å². The highest BCUT2D eigenvalue weighted by Gasteiger charge is 2.21. The van der Waals surface area contributed by atoms with E-state index in [1.807, 2.05) is 19.2 Å². The standard InChI is InChI=1S/C16H28N4O.HI/c1-13(2)20-10-7-14(8-11-20)19-16(17-3)18-9-6-15-5-4-12-21-15;/h4-5,12-14H,6-11H2,1-3H3,(H2,17,18,19);1H. The maximum atomic E-state index is 5.33. The molecule has 1 aliphatic heterocycles. The summed E-state index contributed by atoms with van der Waals surface area (Å²) >= 11 is 0. The highest BCUT2D eigenvalue weighted by atomic mass is 127. The fourth-order valence-electron chi connectivity index (χ4n) is 2.71. The molecule has 1 fully saturated rings. The van der Waals surface area contributed by atoms with Gasteiger partial charge in [0.15, 0.2) is 5.96 Å². The Morgan fingerprint density at radius 1 is 1.41 bits per heavy atom. The van der Waals surface area contributed by atoms with Gasteiger partial charge in [-0.25, -0.2) is 0 Å². The number of hydrogen-bond acceptors (Lipinski definition) is 3. The lowest BCUT2D eigenvalue weighted by Crippen LogP contribution is -2.50. The summed E-state index contributed by atoms with van der Waals surface area (Å²) in [5.74, 6) is 1.90. The van der Waals surface area contributed by atoms with Crippen LogP contribution in [0.15, 0.2) is 27.8 Å². The van der Waals surface area contributed by atoms with E-state index >= 15 is 0 Å². The second-order valence-electron chi connectivity index (χ2n) is 5.88. The maximum absolute atomic E-state index is 5.33. The van der Waals surface area contributed by atoms with E-state index in [9.17, 15) is 0 Å². The number of aliphatic imine (C=N–C) groups is 1. The predicted molar refractivity (Wildman–Crippen MR) is 102 cm³/mol. The maximum Gasteiger partial charge on any atom is 0.191 e. The Morgan fingerprint density at radius 2 is 2.14 bits per heavy atom.